The molecular weight excluding hydrogens is 424 g/mol. The van der Waals surface area contributed by atoms with Gasteiger partial charge in [-0.15, -0.1) is 5.10 Å². The number of benzene rings is 1. The van der Waals surface area contributed by atoms with Gasteiger partial charge in [0.15, 0.2) is 0 Å². The van der Waals surface area contributed by atoms with Crippen LogP contribution in [-0.4, -0.2) is 63.1 Å². The van der Waals surface area contributed by atoms with E-state index in [2.05, 4.69) is 30.9 Å². The van der Waals surface area contributed by atoms with Gasteiger partial charge < -0.3 is 9.84 Å². The van der Waals surface area contributed by atoms with Crippen molar-refractivity contribution in [3.63, 3.8) is 0 Å². The Bertz CT molecular complexity index is 835. The summed E-state index contributed by atoms with van der Waals surface area (Å²) in [5.41, 5.74) is -0.514. The van der Waals surface area contributed by atoms with Gasteiger partial charge in [-0.25, -0.2) is 9.67 Å². The third-order valence-corrected chi connectivity index (χ3v) is 6.43. The summed E-state index contributed by atoms with van der Waals surface area (Å²) in [5, 5.41) is 14.8. The predicted octanol–water partition coefficient (Wildman–Crippen LogP) is 1.92. The number of rotatable bonds is 6. The summed E-state index contributed by atoms with van der Waals surface area (Å²) in [6.45, 7) is 4.55. The van der Waals surface area contributed by atoms with Crippen molar-refractivity contribution in [1.29, 1.82) is 0 Å². The van der Waals surface area contributed by atoms with E-state index in [4.69, 9.17) is 4.74 Å². The Morgan fingerprint density at radius 2 is 2.04 bits per heavy atom. The standard InChI is InChI=1S/C20H25BrN4O3/c1-14-22-19(21)23-25(14)12-20(13-26,16-5-3-2-4-6-16)18(27)28-17-11-24-9-7-15(17)8-10-24/h2-6,15,17,26H,7-13H2,1H3. The van der Waals surface area contributed by atoms with Gasteiger partial charge in [0.2, 0.25) is 4.73 Å². The van der Waals surface area contributed by atoms with Crippen molar-refractivity contribution >= 4 is 21.9 Å². The van der Waals surface area contributed by atoms with Gasteiger partial charge in [0.05, 0.1) is 13.2 Å². The number of esters is 1. The van der Waals surface area contributed by atoms with Crippen molar-refractivity contribution in [2.45, 2.75) is 37.8 Å². The molecule has 3 aliphatic rings. The van der Waals surface area contributed by atoms with E-state index in [1.165, 1.54) is 0 Å². The molecule has 3 saturated heterocycles. The lowest BCUT2D eigenvalue weighted by Crippen LogP contribution is -2.54. The highest BCUT2D eigenvalue weighted by Gasteiger charge is 2.46. The fourth-order valence-corrected chi connectivity index (χ4v) is 4.77. The summed E-state index contributed by atoms with van der Waals surface area (Å²) in [5.74, 6) is 0.672. The zero-order chi connectivity index (χ0) is 19.7. The fourth-order valence-electron chi connectivity index (χ4n) is 4.32. The Balaban J connectivity index is 1.65. The average molecular weight is 449 g/mol. The molecule has 0 radical (unpaired) electrons. The average Bonchev–Trinajstić information content (AvgIpc) is 3.04. The van der Waals surface area contributed by atoms with Crippen molar-refractivity contribution in [2.24, 2.45) is 5.92 Å². The zero-order valence-electron chi connectivity index (χ0n) is 15.9. The van der Waals surface area contributed by atoms with Crippen LogP contribution in [0.15, 0.2) is 35.1 Å². The highest BCUT2D eigenvalue weighted by molar-refractivity contribution is 9.10. The molecule has 1 aromatic heterocycles. The van der Waals surface area contributed by atoms with E-state index < -0.39 is 11.4 Å². The number of hydrogen-bond donors (Lipinski definition) is 1. The van der Waals surface area contributed by atoms with Crippen LogP contribution in [0.1, 0.15) is 24.2 Å². The largest absolute Gasteiger partial charge is 0.460 e. The number of aliphatic hydroxyl groups excluding tert-OH is 1. The molecule has 0 aliphatic carbocycles. The van der Waals surface area contributed by atoms with E-state index in [0.717, 1.165) is 38.0 Å². The van der Waals surface area contributed by atoms with Crippen molar-refractivity contribution < 1.29 is 14.6 Å². The van der Waals surface area contributed by atoms with E-state index in [-0.39, 0.29) is 19.3 Å². The second-order valence-electron chi connectivity index (χ2n) is 7.77. The Kier molecular flexibility index (Phi) is 5.53. The third-order valence-electron chi connectivity index (χ3n) is 6.09. The van der Waals surface area contributed by atoms with Crippen LogP contribution in [0.4, 0.5) is 0 Å². The first-order chi connectivity index (χ1) is 13.5. The topological polar surface area (TPSA) is 80.5 Å². The molecule has 8 heteroatoms. The first-order valence-corrected chi connectivity index (χ1v) is 10.5. The molecule has 4 heterocycles. The molecule has 3 aliphatic heterocycles. The van der Waals surface area contributed by atoms with Crippen LogP contribution in [-0.2, 0) is 21.5 Å². The third kappa shape index (κ3) is 3.60. The van der Waals surface area contributed by atoms with Gasteiger partial charge in [-0.1, -0.05) is 30.3 Å². The van der Waals surface area contributed by atoms with Crippen molar-refractivity contribution in [2.75, 3.05) is 26.2 Å². The van der Waals surface area contributed by atoms with Gasteiger partial charge >= 0.3 is 5.97 Å². The lowest BCUT2D eigenvalue weighted by atomic mass is 9.80. The number of nitrogens with zero attached hydrogens (tertiary/aromatic N) is 4. The fraction of sp³-hybridized carbons (Fsp3) is 0.550. The summed E-state index contributed by atoms with van der Waals surface area (Å²) in [6.07, 6.45) is 2.00. The SMILES string of the molecule is Cc1nc(Br)nn1CC(CO)(C(=O)OC1CN2CCC1CC2)c1ccccc1. The molecular formula is C20H25BrN4O3. The zero-order valence-corrected chi connectivity index (χ0v) is 17.5. The maximum atomic E-state index is 13.5. The van der Waals surface area contributed by atoms with Gasteiger partial charge in [-0.05, 0) is 60.3 Å². The molecule has 150 valence electrons. The number of piperidine rings is 3. The highest BCUT2D eigenvalue weighted by Crippen LogP contribution is 2.34. The molecule has 2 bridgehead atoms. The van der Waals surface area contributed by atoms with Gasteiger partial charge in [-0.3, -0.25) is 9.69 Å². The lowest BCUT2D eigenvalue weighted by Gasteiger charge is -2.45. The predicted molar refractivity (Wildman–Crippen MR) is 107 cm³/mol. The molecule has 2 aromatic rings. The minimum absolute atomic E-state index is 0.117. The Morgan fingerprint density at radius 1 is 1.32 bits per heavy atom. The maximum absolute atomic E-state index is 13.5. The first kappa shape index (κ1) is 19.5. The molecule has 2 unspecified atom stereocenters. The van der Waals surface area contributed by atoms with E-state index in [1.807, 2.05) is 37.3 Å². The minimum atomic E-state index is -1.23. The number of hydrogen-bond acceptors (Lipinski definition) is 6. The van der Waals surface area contributed by atoms with Crippen molar-refractivity contribution in [3.05, 3.63) is 46.5 Å². The van der Waals surface area contributed by atoms with Crippen molar-refractivity contribution in [1.82, 2.24) is 19.7 Å². The van der Waals surface area contributed by atoms with E-state index >= 15 is 0 Å². The minimum Gasteiger partial charge on any atom is -0.460 e. The summed E-state index contributed by atoms with van der Waals surface area (Å²) in [4.78, 5) is 20.1. The van der Waals surface area contributed by atoms with Crippen LogP contribution in [0.25, 0.3) is 0 Å². The smallest absolute Gasteiger partial charge is 0.321 e. The number of ether oxygens (including phenoxy) is 1. The quantitative estimate of drug-likeness (QED) is 0.679. The van der Waals surface area contributed by atoms with Crippen LogP contribution in [0.5, 0.6) is 0 Å². The number of halogens is 1. The van der Waals surface area contributed by atoms with Crippen LogP contribution in [0.3, 0.4) is 0 Å². The van der Waals surface area contributed by atoms with Crippen LogP contribution in [0, 0.1) is 12.8 Å². The molecule has 0 spiro atoms. The first-order valence-electron chi connectivity index (χ1n) is 9.68. The molecule has 7 nitrogen and oxygen atoms in total. The molecule has 5 rings (SSSR count). The number of carbonyl (C=O) groups is 1. The van der Waals surface area contributed by atoms with Gasteiger partial charge in [0.1, 0.15) is 17.3 Å². The van der Waals surface area contributed by atoms with E-state index in [0.29, 0.717) is 16.5 Å². The summed E-state index contributed by atoms with van der Waals surface area (Å²) in [6, 6.07) is 9.34. The maximum Gasteiger partial charge on any atom is 0.321 e. The summed E-state index contributed by atoms with van der Waals surface area (Å²) >= 11 is 3.28. The lowest BCUT2D eigenvalue weighted by molar-refractivity contribution is -0.168. The van der Waals surface area contributed by atoms with Gasteiger partial charge in [0.25, 0.3) is 0 Å². The van der Waals surface area contributed by atoms with Crippen LogP contribution >= 0.6 is 15.9 Å². The van der Waals surface area contributed by atoms with Crippen LogP contribution in [0.2, 0.25) is 0 Å². The summed E-state index contributed by atoms with van der Waals surface area (Å²) in [7, 11) is 0. The van der Waals surface area contributed by atoms with Crippen LogP contribution < -0.4 is 0 Å². The normalized spacial score (nSPS) is 26.0. The number of aryl methyl sites for hydroxylation is 1. The Morgan fingerprint density at radius 3 is 2.57 bits per heavy atom. The number of fused-ring (bicyclic) bond motifs is 3. The monoisotopic (exact) mass is 448 g/mol. The molecule has 0 amide bonds. The van der Waals surface area contributed by atoms with Gasteiger partial charge in [-0.2, -0.15) is 0 Å². The van der Waals surface area contributed by atoms with E-state index in [1.54, 1.807) is 4.68 Å². The molecule has 1 N–H and O–H groups in total. The highest BCUT2D eigenvalue weighted by atomic mass is 79.9. The number of aliphatic hydroxyl groups is 1. The van der Waals surface area contributed by atoms with Crippen molar-refractivity contribution in [3.8, 4) is 0 Å². The molecule has 0 saturated carbocycles. The Hall–Kier alpha value is -1.77. The molecule has 28 heavy (non-hydrogen) atoms. The molecule has 3 fully saturated rings. The second kappa shape index (κ2) is 7.93. The van der Waals surface area contributed by atoms with E-state index in [9.17, 15) is 9.90 Å². The number of carbonyl (C=O) groups excluding carboxylic acids is 1. The van der Waals surface area contributed by atoms with Gasteiger partial charge in [0, 0.05) is 6.54 Å². The molecule has 2 atom stereocenters. The Labute approximate surface area is 172 Å². The number of aromatic nitrogens is 3. The summed E-state index contributed by atoms with van der Waals surface area (Å²) < 4.78 is 8.14. The molecule has 1 aromatic carbocycles. The second-order valence-corrected chi connectivity index (χ2v) is 8.48.